The highest BCUT2D eigenvalue weighted by Gasteiger charge is 2.51. The fourth-order valence-electron chi connectivity index (χ4n) is 6.46. The van der Waals surface area contributed by atoms with E-state index in [-0.39, 0.29) is 16.7 Å². The summed E-state index contributed by atoms with van der Waals surface area (Å²) in [5.74, 6) is 3.31. The molecule has 6 rings (SSSR count). The van der Waals surface area contributed by atoms with E-state index in [1.54, 1.807) is 18.2 Å². The molecule has 5 fully saturated rings. The van der Waals surface area contributed by atoms with Crippen molar-refractivity contribution in [3.8, 4) is 0 Å². The fraction of sp³-hybridized carbons (Fsp3) is 0.667. The summed E-state index contributed by atoms with van der Waals surface area (Å²) in [5, 5.41) is 0.414. The van der Waals surface area contributed by atoms with Crippen LogP contribution in [0, 0.1) is 29.6 Å². The Balaban J connectivity index is 1.25. The average molecular weight is 423 g/mol. The van der Waals surface area contributed by atoms with E-state index in [1.165, 1.54) is 42.5 Å². The van der Waals surface area contributed by atoms with E-state index in [1.807, 2.05) is 4.90 Å². The van der Waals surface area contributed by atoms with Crippen molar-refractivity contribution in [2.24, 2.45) is 29.6 Å². The third-order valence-corrected chi connectivity index (χ3v) is 9.63. The van der Waals surface area contributed by atoms with E-state index in [9.17, 15) is 13.2 Å². The van der Waals surface area contributed by atoms with Gasteiger partial charge in [-0.25, -0.2) is 8.42 Å². The molecule has 7 heteroatoms. The number of sulfonamides is 1. The first-order valence-corrected chi connectivity index (χ1v) is 12.3. The summed E-state index contributed by atoms with van der Waals surface area (Å²) in [5.41, 5.74) is 0. The van der Waals surface area contributed by atoms with Crippen LogP contribution in [0.4, 0.5) is 0 Å². The maximum Gasteiger partial charge on any atom is 0.243 e. The first-order valence-electron chi connectivity index (χ1n) is 10.5. The van der Waals surface area contributed by atoms with Crippen molar-refractivity contribution in [1.82, 2.24) is 9.21 Å². The molecule has 5 aliphatic rings. The second kappa shape index (κ2) is 6.99. The molecule has 0 unspecified atom stereocenters. The van der Waals surface area contributed by atoms with Crippen LogP contribution in [-0.2, 0) is 14.8 Å². The first-order chi connectivity index (χ1) is 13.4. The van der Waals surface area contributed by atoms with Crippen LogP contribution in [0.1, 0.15) is 32.1 Å². The molecule has 0 spiro atoms. The second-order valence-electron chi connectivity index (χ2n) is 9.14. The zero-order valence-corrected chi connectivity index (χ0v) is 17.5. The third-order valence-electron chi connectivity index (χ3n) is 7.50. The van der Waals surface area contributed by atoms with Gasteiger partial charge in [-0.05, 0) is 74.0 Å². The van der Waals surface area contributed by atoms with Crippen LogP contribution in [0.15, 0.2) is 29.2 Å². The molecular weight excluding hydrogens is 396 g/mol. The number of halogens is 1. The quantitative estimate of drug-likeness (QED) is 0.751. The summed E-state index contributed by atoms with van der Waals surface area (Å²) >= 11 is 5.96. The zero-order chi connectivity index (χ0) is 19.5. The number of hydrogen-bond acceptors (Lipinski definition) is 3. The van der Waals surface area contributed by atoms with E-state index < -0.39 is 10.0 Å². The monoisotopic (exact) mass is 422 g/mol. The number of piperazine rings is 1. The van der Waals surface area contributed by atoms with Crippen molar-refractivity contribution in [2.45, 2.75) is 37.0 Å². The molecule has 4 aliphatic carbocycles. The van der Waals surface area contributed by atoms with Crippen molar-refractivity contribution in [2.75, 3.05) is 26.2 Å². The lowest BCUT2D eigenvalue weighted by molar-refractivity contribution is -0.150. The summed E-state index contributed by atoms with van der Waals surface area (Å²) in [6.07, 6.45) is 6.30. The Hall–Kier alpha value is -1.11. The fourth-order valence-corrected chi connectivity index (χ4v) is 8.19. The van der Waals surface area contributed by atoms with E-state index in [4.69, 9.17) is 11.6 Å². The summed E-state index contributed by atoms with van der Waals surface area (Å²) < 4.78 is 27.2. The molecule has 0 aromatic heterocycles. The maximum absolute atomic E-state index is 13.3. The molecule has 4 saturated carbocycles. The molecule has 1 aromatic rings. The van der Waals surface area contributed by atoms with Gasteiger partial charge in [-0.15, -0.1) is 0 Å². The van der Waals surface area contributed by atoms with Crippen molar-refractivity contribution >= 4 is 27.5 Å². The van der Waals surface area contributed by atoms with Gasteiger partial charge in [0.25, 0.3) is 0 Å². The molecule has 152 valence electrons. The average Bonchev–Trinajstić information content (AvgIpc) is 2.67. The molecule has 1 amide bonds. The number of hydrogen-bond donors (Lipinski definition) is 0. The van der Waals surface area contributed by atoms with E-state index in [2.05, 4.69) is 0 Å². The Morgan fingerprint density at radius 3 is 2.11 bits per heavy atom. The summed E-state index contributed by atoms with van der Waals surface area (Å²) in [6.45, 7) is 1.69. The number of carbonyl (C=O) groups is 1. The highest BCUT2D eigenvalue weighted by Crippen LogP contribution is 2.56. The van der Waals surface area contributed by atoms with Gasteiger partial charge in [-0.3, -0.25) is 4.79 Å². The van der Waals surface area contributed by atoms with Crippen LogP contribution in [0.5, 0.6) is 0 Å². The lowest BCUT2D eigenvalue weighted by atomic mass is 9.51. The molecule has 1 saturated heterocycles. The molecular formula is C21H27ClN2O3S. The lowest BCUT2D eigenvalue weighted by Gasteiger charge is -2.54. The molecule has 0 radical (unpaired) electrons. The van der Waals surface area contributed by atoms with Crippen molar-refractivity contribution in [3.05, 3.63) is 29.3 Å². The molecule has 0 atom stereocenters. The standard InChI is InChI=1S/C21H27ClN2O3S/c22-18-2-1-3-19(13-18)28(26,27)24-6-4-23(5-7-24)21(25)20-16-9-14-8-15(11-16)12-17(20)10-14/h1-3,13-17,20H,4-12H2. The number of nitrogens with zero attached hydrogens (tertiary/aromatic N) is 2. The van der Waals surface area contributed by atoms with Crippen LogP contribution < -0.4 is 0 Å². The Morgan fingerprint density at radius 2 is 1.54 bits per heavy atom. The largest absolute Gasteiger partial charge is 0.340 e. The van der Waals surface area contributed by atoms with Crippen LogP contribution in [-0.4, -0.2) is 49.7 Å². The number of rotatable bonds is 3. The molecule has 0 N–H and O–H groups in total. The van der Waals surface area contributed by atoms with Gasteiger partial charge in [-0.2, -0.15) is 4.31 Å². The van der Waals surface area contributed by atoms with Gasteiger partial charge in [0.1, 0.15) is 0 Å². The van der Waals surface area contributed by atoms with Gasteiger partial charge >= 0.3 is 0 Å². The van der Waals surface area contributed by atoms with Crippen molar-refractivity contribution < 1.29 is 13.2 Å². The molecule has 28 heavy (non-hydrogen) atoms. The first kappa shape index (κ1) is 18.9. The summed E-state index contributed by atoms with van der Waals surface area (Å²) in [6, 6.07) is 6.39. The van der Waals surface area contributed by atoms with Gasteiger partial charge in [0.15, 0.2) is 0 Å². The van der Waals surface area contributed by atoms with Gasteiger partial charge < -0.3 is 4.90 Å². The predicted octanol–water partition coefficient (Wildman–Crippen LogP) is 3.25. The van der Waals surface area contributed by atoms with Crippen LogP contribution in [0.2, 0.25) is 5.02 Å². The van der Waals surface area contributed by atoms with Crippen LogP contribution in [0.25, 0.3) is 0 Å². The highest BCUT2D eigenvalue weighted by molar-refractivity contribution is 7.89. The van der Waals surface area contributed by atoms with Gasteiger partial charge in [0, 0.05) is 37.1 Å². The van der Waals surface area contributed by atoms with Crippen LogP contribution >= 0.6 is 11.6 Å². The molecule has 4 bridgehead atoms. The third kappa shape index (κ3) is 3.17. The molecule has 1 aromatic carbocycles. The number of carbonyl (C=O) groups excluding carboxylic acids is 1. The maximum atomic E-state index is 13.3. The van der Waals surface area contributed by atoms with E-state index >= 15 is 0 Å². The molecule has 1 heterocycles. The molecule has 1 aliphatic heterocycles. The van der Waals surface area contributed by atoms with E-state index in [0.29, 0.717) is 43.0 Å². The van der Waals surface area contributed by atoms with Gasteiger partial charge in [0.2, 0.25) is 15.9 Å². The Bertz CT molecular complexity index is 851. The normalized spacial score (nSPS) is 35.3. The number of benzene rings is 1. The highest BCUT2D eigenvalue weighted by atomic mass is 35.5. The Labute approximate surface area is 172 Å². The van der Waals surface area contributed by atoms with Crippen LogP contribution in [0.3, 0.4) is 0 Å². The second-order valence-corrected chi connectivity index (χ2v) is 11.5. The predicted molar refractivity (Wildman–Crippen MR) is 107 cm³/mol. The Morgan fingerprint density at radius 1 is 0.929 bits per heavy atom. The summed E-state index contributed by atoms with van der Waals surface area (Å²) in [4.78, 5) is 15.5. The lowest BCUT2D eigenvalue weighted by Crippen LogP contribution is -2.56. The summed E-state index contributed by atoms with van der Waals surface area (Å²) in [7, 11) is -3.56. The van der Waals surface area contributed by atoms with Crippen molar-refractivity contribution in [3.63, 3.8) is 0 Å². The van der Waals surface area contributed by atoms with E-state index in [0.717, 1.165) is 11.8 Å². The minimum absolute atomic E-state index is 0.184. The zero-order valence-electron chi connectivity index (χ0n) is 16.0. The van der Waals surface area contributed by atoms with Gasteiger partial charge in [-0.1, -0.05) is 17.7 Å². The minimum atomic E-state index is -3.56. The smallest absolute Gasteiger partial charge is 0.243 e. The Kier molecular flexibility index (Phi) is 4.72. The SMILES string of the molecule is O=C(C1C2CC3CC(C2)CC1C3)N1CCN(S(=O)(=O)c2cccc(Cl)c2)CC1. The topological polar surface area (TPSA) is 57.7 Å². The van der Waals surface area contributed by atoms with Gasteiger partial charge in [0.05, 0.1) is 4.90 Å². The van der Waals surface area contributed by atoms with Crippen molar-refractivity contribution in [1.29, 1.82) is 0 Å². The number of amides is 1. The minimum Gasteiger partial charge on any atom is -0.340 e. The molecule has 5 nitrogen and oxygen atoms in total.